The van der Waals surface area contributed by atoms with E-state index in [1.807, 2.05) is 30.3 Å². The smallest absolute Gasteiger partial charge is 0.165 e. The molecule has 0 amide bonds. The largest absolute Gasteiger partial charge is 0.505 e. The van der Waals surface area contributed by atoms with Crippen LogP contribution in [0.2, 0.25) is 0 Å². The van der Waals surface area contributed by atoms with E-state index in [9.17, 15) is 4.39 Å². The number of phenolic OH excluding ortho intramolecular Hbond substituents is 1. The number of hydrogen-bond donors (Lipinski definition) is 2. The predicted octanol–water partition coefficient (Wildman–Crippen LogP) is 2.58. The number of nitrogens with two attached hydrogens (primary N) is 1. The Morgan fingerprint density at radius 2 is 1.69 bits per heavy atom. The van der Waals surface area contributed by atoms with Crippen molar-refractivity contribution in [2.75, 3.05) is 0 Å². The van der Waals surface area contributed by atoms with E-state index in [4.69, 9.17) is 10.8 Å². The van der Waals surface area contributed by atoms with Gasteiger partial charge in [-0.25, -0.2) is 4.39 Å². The number of phenols is 1. The van der Waals surface area contributed by atoms with Gasteiger partial charge in [-0.3, -0.25) is 0 Å². The molecule has 2 aromatic carbocycles. The summed E-state index contributed by atoms with van der Waals surface area (Å²) in [6.45, 7) is 0. The van der Waals surface area contributed by atoms with E-state index in [1.54, 1.807) is 6.07 Å². The standard InChI is InChI=1S/C13H12FNO/c14-11-8-10(6-7-12(11)16)13(15)9-4-2-1-3-5-9/h1-8,13,16H,15H2. The Kier molecular flexibility index (Phi) is 2.88. The van der Waals surface area contributed by atoms with Crippen molar-refractivity contribution in [2.24, 2.45) is 5.73 Å². The van der Waals surface area contributed by atoms with E-state index in [2.05, 4.69) is 0 Å². The lowest BCUT2D eigenvalue weighted by Crippen LogP contribution is -2.11. The summed E-state index contributed by atoms with van der Waals surface area (Å²) in [6.07, 6.45) is 0. The molecule has 0 aliphatic heterocycles. The summed E-state index contributed by atoms with van der Waals surface area (Å²) < 4.78 is 13.1. The van der Waals surface area contributed by atoms with Crippen LogP contribution in [0.4, 0.5) is 4.39 Å². The quantitative estimate of drug-likeness (QED) is 0.812. The van der Waals surface area contributed by atoms with E-state index >= 15 is 0 Å². The molecule has 0 aliphatic carbocycles. The molecule has 1 unspecified atom stereocenters. The fourth-order valence-corrected chi connectivity index (χ4v) is 1.57. The lowest BCUT2D eigenvalue weighted by molar-refractivity contribution is 0.431. The first kappa shape index (κ1) is 10.6. The van der Waals surface area contributed by atoms with Crippen LogP contribution in [0.25, 0.3) is 0 Å². The van der Waals surface area contributed by atoms with Gasteiger partial charge in [-0.05, 0) is 23.3 Å². The van der Waals surface area contributed by atoms with Crippen molar-refractivity contribution in [3.8, 4) is 5.75 Å². The molecule has 3 N–H and O–H groups in total. The molecule has 0 saturated carbocycles. The Hall–Kier alpha value is -1.87. The summed E-state index contributed by atoms with van der Waals surface area (Å²) in [5, 5.41) is 9.08. The molecular formula is C13H12FNO. The van der Waals surface area contributed by atoms with Crippen molar-refractivity contribution in [3.05, 3.63) is 65.5 Å². The van der Waals surface area contributed by atoms with Crippen LogP contribution in [0.3, 0.4) is 0 Å². The molecule has 3 heteroatoms. The van der Waals surface area contributed by atoms with Gasteiger partial charge in [-0.15, -0.1) is 0 Å². The van der Waals surface area contributed by atoms with Crippen LogP contribution in [-0.2, 0) is 0 Å². The van der Waals surface area contributed by atoms with Crippen molar-refractivity contribution in [3.63, 3.8) is 0 Å². The molecule has 2 nitrogen and oxygen atoms in total. The number of halogens is 1. The summed E-state index contributed by atoms with van der Waals surface area (Å²) in [7, 11) is 0. The minimum atomic E-state index is -0.649. The molecule has 82 valence electrons. The van der Waals surface area contributed by atoms with Gasteiger partial charge in [0.1, 0.15) is 0 Å². The monoisotopic (exact) mass is 217 g/mol. The molecule has 0 spiro atoms. The Morgan fingerprint density at radius 1 is 1.00 bits per heavy atom. The van der Waals surface area contributed by atoms with Crippen LogP contribution in [-0.4, -0.2) is 5.11 Å². The van der Waals surface area contributed by atoms with E-state index < -0.39 is 5.82 Å². The Morgan fingerprint density at radius 3 is 2.31 bits per heavy atom. The molecular weight excluding hydrogens is 205 g/mol. The van der Waals surface area contributed by atoms with Crippen LogP contribution in [0.15, 0.2) is 48.5 Å². The molecule has 1 atom stereocenters. The molecule has 0 heterocycles. The number of benzene rings is 2. The maximum Gasteiger partial charge on any atom is 0.165 e. The van der Waals surface area contributed by atoms with Crippen molar-refractivity contribution < 1.29 is 9.50 Å². The van der Waals surface area contributed by atoms with E-state index in [0.717, 1.165) is 5.56 Å². The van der Waals surface area contributed by atoms with Crippen molar-refractivity contribution >= 4 is 0 Å². The highest BCUT2D eigenvalue weighted by molar-refractivity contribution is 5.35. The minimum absolute atomic E-state index is 0.357. The summed E-state index contributed by atoms with van der Waals surface area (Å²) in [6, 6.07) is 13.2. The van der Waals surface area contributed by atoms with Gasteiger partial charge in [0.25, 0.3) is 0 Å². The SMILES string of the molecule is NC(c1ccccc1)c1ccc(O)c(F)c1. The van der Waals surface area contributed by atoms with Gasteiger partial charge in [0.2, 0.25) is 0 Å². The van der Waals surface area contributed by atoms with Crippen molar-refractivity contribution in [1.29, 1.82) is 0 Å². The zero-order valence-corrected chi connectivity index (χ0v) is 8.60. The Bertz CT molecular complexity index is 485. The molecule has 0 radical (unpaired) electrons. The van der Waals surface area contributed by atoms with E-state index in [0.29, 0.717) is 5.56 Å². The Balaban J connectivity index is 2.34. The summed E-state index contributed by atoms with van der Waals surface area (Å²) in [4.78, 5) is 0. The van der Waals surface area contributed by atoms with Gasteiger partial charge >= 0.3 is 0 Å². The summed E-state index contributed by atoms with van der Waals surface area (Å²) >= 11 is 0. The predicted molar refractivity (Wildman–Crippen MR) is 60.5 cm³/mol. The van der Waals surface area contributed by atoms with Crippen LogP contribution >= 0.6 is 0 Å². The number of aromatic hydroxyl groups is 1. The molecule has 0 fully saturated rings. The fraction of sp³-hybridized carbons (Fsp3) is 0.0769. The highest BCUT2D eigenvalue weighted by atomic mass is 19.1. The summed E-state index contributed by atoms with van der Waals surface area (Å²) in [5.74, 6) is -1.01. The normalized spacial score (nSPS) is 12.4. The first-order valence-corrected chi connectivity index (χ1v) is 4.97. The molecule has 2 rings (SSSR count). The molecule has 0 aromatic heterocycles. The lowest BCUT2D eigenvalue weighted by atomic mass is 9.99. The van der Waals surface area contributed by atoms with Gasteiger partial charge in [0.05, 0.1) is 6.04 Å². The second-order valence-corrected chi connectivity index (χ2v) is 3.60. The highest BCUT2D eigenvalue weighted by Gasteiger charge is 2.10. The third-order valence-electron chi connectivity index (χ3n) is 2.49. The molecule has 0 saturated heterocycles. The third-order valence-corrected chi connectivity index (χ3v) is 2.49. The van der Waals surface area contributed by atoms with Gasteiger partial charge in [-0.2, -0.15) is 0 Å². The third kappa shape index (κ3) is 2.04. The van der Waals surface area contributed by atoms with Crippen LogP contribution in [0, 0.1) is 5.82 Å². The number of hydrogen-bond acceptors (Lipinski definition) is 2. The first-order valence-electron chi connectivity index (χ1n) is 4.97. The summed E-state index contributed by atoms with van der Waals surface area (Å²) in [5.41, 5.74) is 7.54. The molecule has 0 aliphatic rings. The van der Waals surface area contributed by atoms with Gasteiger partial charge in [-0.1, -0.05) is 36.4 Å². The van der Waals surface area contributed by atoms with Crippen molar-refractivity contribution in [2.45, 2.75) is 6.04 Å². The zero-order valence-electron chi connectivity index (χ0n) is 8.60. The highest BCUT2D eigenvalue weighted by Crippen LogP contribution is 2.23. The molecule has 0 bridgehead atoms. The second kappa shape index (κ2) is 4.33. The van der Waals surface area contributed by atoms with Crippen LogP contribution in [0.1, 0.15) is 17.2 Å². The first-order chi connectivity index (χ1) is 7.68. The van der Waals surface area contributed by atoms with Gasteiger partial charge < -0.3 is 10.8 Å². The number of rotatable bonds is 2. The average molecular weight is 217 g/mol. The van der Waals surface area contributed by atoms with Crippen LogP contribution in [0.5, 0.6) is 5.75 Å². The van der Waals surface area contributed by atoms with Gasteiger partial charge in [0.15, 0.2) is 11.6 Å². The zero-order chi connectivity index (χ0) is 11.5. The minimum Gasteiger partial charge on any atom is -0.505 e. The lowest BCUT2D eigenvalue weighted by Gasteiger charge is -2.12. The molecule has 16 heavy (non-hydrogen) atoms. The topological polar surface area (TPSA) is 46.2 Å². The second-order valence-electron chi connectivity index (χ2n) is 3.60. The molecule has 2 aromatic rings. The van der Waals surface area contributed by atoms with E-state index in [1.165, 1.54) is 12.1 Å². The maximum absolute atomic E-state index is 13.1. The Labute approximate surface area is 93.2 Å². The average Bonchev–Trinajstić information content (AvgIpc) is 2.33. The van der Waals surface area contributed by atoms with Crippen LogP contribution < -0.4 is 5.73 Å². The van der Waals surface area contributed by atoms with E-state index in [-0.39, 0.29) is 11.8 Å². The van der Waals surface area contributed by atoms with Crippen molar-refractivity contribution in [1.82, 2.24) is 0 Å². The maximum atomic E-state index is 13.1. The van der Waals surface area contributed by atoms with Gasteiger partial charge in [0, 0.05) is 0 Å². The fourth-order valence-electron chi connectivity index (χ4n) is 1.57.